The van der Waals surface area contributed by atoms with Crippen LogP contribution in [0.1, 0.15) is 22.6 Å². The number of aromatic amines is 1. The molecule has 0 aliphatic rings. The fraction of sp³-hybridized carbons (Fsp3) is 0.364. The molecule has 4 heteroatoms. The Bertz CT molecular complexity index is 599. The Labute approximate surface area is 87.4 Å². The average Bonchev–Trinajstić information content (AvgIpc) is 2.18. The summed E-state index contributed by atoms with van der Waals surface area (Å²) in [6, 6.07) is 0. The molecule has 2 aromatic rings. The molecular weight excluding hydrogens is 190 g/mol. The van der Waals surface area contributed by atoms with Crippen molar-refractivity contribution < 1.29 is 0 Å². The van der Waals surface area contributed by atoms with Gasteiger partial charge in [-0.2, -0.15) is 0 Å². The number of hydrogen-bond donors (Lipinski definition) is 1. The lowest BCUT2D eigenvalue weighted by Crippen LogP contribution is -2.13. The predicted molar refractivity (Wildman–Crippen MR) is 59.1 cm³/mol. The van der Waals surface area contributed by atoms with E-state index >= 15 is 0 Å². The van der Waals surface area contributed by atoms with Crippen LogP contribution in [0, 0.1) is 27.7 Å². The molecule has 0 unspecified atom stereocenters. The average molecular weight is 203 g/mol. The van der Waals surface area contributed by atoms with Gasteiger partial charge in [-0.1, -0.05) is 0 Å². The van der Waals surface area contributed by atoms with Gasteiger partial charge < -0.3 is 4.98 Å². The molecule has 0 radical (unpaired) electrons. The molecule has 0 aliphatic heterocycles. The summed E-state index contributed by atoms with van der Waals surface area (Å²) in [5.41, 5.74) is 4.49. The maximum atomic E-state index is 11.7. The summed E-state index contributed by atoms with van der Waals surface area (Å²) in [6.45, 7) is 7.57. The van der Waals surface area contributed by atoms with Crippen LogP contribution >= 0.6 is 0 Å². The third kappa shape index (κ3) is 1.42. The SMILES string of the molecule is Cc1nc2c(C)c(C)[nH]c(=O)c2nc1C. The van der Waals surface area contributed by atoms with Crippen molar-refractivity contribution >= 4 is 11.0 Å². The number of aromatic nitrogens is 3. The fourth-order valence-corrected chi connectivity index (χ4v) is 1.52. The Balaban J connectivity index is 3.04. The number of hydrogen-bond acceptors (Lipinski definition) is 3. The molecule has 0 aliphatic carbocycles. The summed E-state index contributed by atoms with van der Waals surface area (Å²) >= 11 is 0. The fourth-order valence-electron chi connectivity index (χ4n) is 1.52. The lowest BCUT2D eigenvalue weighted by molar-refractivity contribution is 1.05. The minimum Gasteiger partial charge on any atom is -0.324 e. The molecule has 2 rings (SSSR count). The zero-order valence-electron chi connectivity index (χ0n) is 9.30. The van der Waals surface area contributed by atoms with Gasteiger partial charge in [-0.05, 0) is 33.3 Å². The summed E-state index contributed by atoms with van der Waals surface area (Å²) in [5.74, 6) is 0. The number of H-pyrrole nitrogens is 1. The molecule has 78 valence electrons. The Morgan fingerprint density at radius 1 is 0.933 bits per heavy atom. The van der Waals surface area contributed by atoms with Gasteiger partial charge >= 0.3 is 0 Å². The van der Waals surface area contributed by atoms with Crippen molar-refractivity contribution in [2.45, 2.75) is 27.7 Å². The van der Waals surface area contributed by atoms with Crippen LogP contribution in [0.2, 0.25) is 0 Å². The van der Waals surface area contributed by atoms with Crippen LogP contribution in [0.25, 0.3) is 11.0 Å². The number of pyridine rings is 1. The first-order valence-electron chi connectivity index (χ1n) is 4.85. The molecule has 2 heterocycles. The molecule has 0 fully saturated rings. The molecule has 0 atom stereocenters. The maximum absolute atomic E-state index is 11.7. The van der Waals surface area contributed by atoms with Gasteiger partial charge in [0, 0.05) is 5.69 Å². The van der Waals surface area contributed by atoms with Crippen LogP contribution < -0.4 is 5.56 Å². The third-order valence-corrected chi connectivity index (χ3v) is 2.74. The molecule has 15 heavy (non-hydrogen) atoms. The van der Waals surface area contributed by atoms with Crippen LogP contribution in [0.4, 0.5) is 0 Å². The summed E-state index contributed by atoms with van der Waals surface area (Å²) in [4.78, 5) is 23.1. The van der Waals surface area contributed by atoms with E-state index in [0.29, 0.717) is 11.0 Å². The van der Waals surface area contributed by atoms with Gasteiger partial charge in [-0.3, -0.25) is 4.79 Å². The van der Waals surface area contributed by atoms with Crippen LogP contribution in [-0.4, -0.2) is 15.0 Å². The van der Waals surface area contributed by atoms with Crippen LogP contribution in [0.5, 0.6) is 0 Å². The topological polar surface area (TPSA) is 58.6 Å². The molecule has 0 aromatic carbocycles. The zero-order chi connectivity index (χ0) is 11.2. The van der Waals surface area contributed by atoms with Crippen molar-refractivity contribution in [3.63, 3.8) is 0 Å². The molecule has 0 amide bonds. The first-order chi connectivity index (χ1) is 7.00. The second kappa shape index (κ2) is 3.15. The number of aryl methyl sites for hydroxylation is 4. The highest BCUT2D eigenvalue weighted by molar-refractivity contribution is 5.77. The van der Waals surface area contributed by atoms with E-state index in [1.54, 1.807) is 0 Å². The standard InChI is InChI=1S/C11H13N3O/c1-5-6(2)14-11(15)10-9(5)12-7(3)8(4)13-10/h1-4H3,(H,14,15). The molecule has 2 aromatic heterocycles. The lowest BCUT2D eigenvalue weighted by atomic mass is 10.2. The number of nitrogens with one attached hydrogen (secondary N) is 1. The second-order valence-corrected chi connectivity index (χ2v) is 3.80. The highest BCUT2D eigenvalue weighted by atomic mass is 16.1. The first-order valence-corrected chi connectivity index (χ1v) is 4.85. The lowest BCUT2D eigenvalue weighted by Gasteiger charge is -2.06. The normalized spacial score (nSPS) is 10.9. The van der Waals surface area contributed by atoms with Gasteiger partial charge in [0.1, 0.15) is 0 Å². The Hall–Kier alpha value is -1.71. The number of nitrogens with zero attached hydrogens (tertiary/aromatic N) is 2. The van der Waals surface area contributed by atoms with Crippen LogP contribution in [-0.2, 0) is 0 Å². The largest absolute Gasteiger partial charge is 0.324 e. The van der Waals surface area contributed by atoms with Crippen LogP contribution in [0.3, 0.4) is 0 Å². The minimum absolute atomic E-state index is 0.163. The zero-order valence-corrected chi connectivity index (χ0v) is 9.30. The number of fused-ring (bicyclic) bond motifs is 1. The quantitative estimate of drug-likeness (QED) is 0.706. The Kier molecular flexibility index (Phi) is 2.07. The smallest absolute Gasteiger partial charge is 0.276 e. The van der Waals surface area contributed by atoms with E-state index in [9.17, 15) is 4.79 Å². The van der Waals surface area contributed by atoms with Gasteiger partial charge in [0.15, 0.2) is 5.52 Å². The van der Waals surface area contributed by atoms with Gasteiger partial charge in [0.05, 0.1) is 16.9 Å². The van der Waals surface area contributed by atoms with Crippen molar-refractivity contribution in [2.75, 3.05) is 0 Å². The highest BCUT2D eigenvalue weighted by Crippen LogP contribution is 2.14. The van der Waals surface area contributed by atoms with Crippen molar-refractivity contribution in [3.8, 4) is 0 Å². The van der Waals surface area contributed by atoms with Gasteiger partial charge in [0.2, 0.25) is 0 Å². The van der Waals surface area contributed by atoms with Crippen molar-refractivity contribution in [2.24, 2.45) is 0 Å². The molecule has 0 spiro atoms. The molecule has 4 nitrogen and oxygen atoms in total. The monoisotopic (exact) mass is 203 g/mol. The van der Waals surface area contributed by atoms with E-state index in [1.165, 1.54) is 0 Å². The maximum Gasteiger partial charge on any atom is 0.276 e. The van der Waals surface area contributed by atoms with E-state index in [-0.39, 0.29) is 5.56 Å². The summed E-state index contributed by atoms with van der Waals surface area (Å²) in [5, 5.41) is 0. The van der Waals surface area contributed by atoms with Crippen molar-refractivity contribution in [3.05, 3.63) is 33.0 Å². The second-order valence-electron chi connectivity index (χ2n) is 3.80. The van der Waals surface area contributed by atoms with E-state index < -0.39 is 0 Å². The van der Waals surface area contributed by atoms with Gasteiger partial charge in [-0.25, -0.2) is 9.97 Å². The van der Waals surface area contributed by atoms with E-state index in [4.69, 9.17) is 0 Å². The van der Waals surface area contributed by atoms with Gasteiger partial charge in [0.25, 0.3) is 5.56 Å². The summed E-state index contributed by atoms with van der Waals surface area (Å²) in [7, 11) is 0. The number of rotatable bonds is 0. The van der Waals surface area contributed by atoms with E-state index in [2.05, 4.69) is 15.0 Å². The first kappa shape index (κ1) is 9.83. The molecule has 0 bridgehead atoms. The highest BCUT2D eigenvalue weighted by Gasteiger charge is 2.09. The molecular formula is C11H13N3O. The molecule has 0 saturated carbocycles. The Morgan fingerprint density at radius 3 is 2.07 bits per heavy atom. The molecule has 1 N–H and O–H groups in total. The van der Waals surface area contributed by atoms with Gasteiger partial charge in [-0.15, -0.1) is 0 Å². The van der Waals surface area contributed by atoms with Crippen LogP contribution in [0.15, 0.2) is 4.79 Å². The van der Waals surface area contributed by atoms with E-state index in [0.717, 1.165) is 22.6 Å². The predicted octanol–water partition coefficient (Wildman–Crippen LogP) is 1.55. The summed E-state index contributed by atoms with van der Waals surface area (Å²) < 4.78 is 0. The van der Waals surface area contributed by atoms with Crippen molar-refractivity contribution in [1.82, 2.24) is 15.0 Å². The van der Waals surface area contributed by atoms with Crippen molar-refractivity contribution in [1.29, 1.82) is 0 Å². The Morgan fingerprint density at radius 2 is 1.47 bits per heavy atom. The molecule has 0 saturated heterocycles. The third-order valence-electron chi connectivity index (χ3n) is 2.74. The minimum atomic E-state index is -0.163. The summed E-state index contributed by atoms with van der Waals surface area (Å²) in [6.07, 6.45) is 0. The van der Waals surface area contributed by atoms with E-state index in [1.807, 2.05) is 27.7 Å².